The molecule has 0 bridgehead atoms. The van der Waals surface area contributed by atoms with Gasteiger partial charge in [-0.3, -0.25) is 0 Å². The number of carbonyl (C=O) groups is 1. The van der Waals surface area contributed by atoms with Crippen LogP contribution in [0.2, 0.25) is 0 Å². The van der Waals surface area contributed by atoms with E-state index < -0.39 is 0 Å². The third-order valence-corrected chi connectivity index (χ3v) is 4.48. The lowest BCUT2D eigenvalue weighted by Crippen LogP contribution is -2.30. The molecule has 0 radical (unpaired) electrons. The number of urea groups is 1. The molecule has 1 aliphatic carbocycles. The van der Waals surface area contributed by atoms with E-state index in [0.29, 0.717) is 34.0 Å². The first-order valence-corrected chi connectivity index (χ1v) is 8.88. The zero-order valence-electron chi connectivity index (χ0n) is 14.7. The van der Waals surface area contributed by atoms with E-state index in [4.69, 9.17) is 4.52 Å². The first-order chi connectivity index (χ1) is 13.6. The highest BCUT2D eigenvalue weighted by Gasteiger charge is 2.23. The van der Waals surface area contributed by atoms with Gasteiger partial charge >= 0.3 is 11.7 Å². The maximum atomic E-state index is 11.9. The Balaban J connectivity index is 1.39. The third kappa shape index (κ3) is 3.25. The number of nitrogens with zero attached hydrogens (tertiary/aromatic N) is 2. The molecule has 2 aromatic heterocycles. The van der Waals surface area contributed by atoms with E-state index in [1.807, 2.05) is 12.1 Å². The van der Waals surface area contributed by atoms with E-state index in [-0.39, 0.29) is 17.8 Å². The quantitative estimate of drug-likeness (QED) is 0.435. The number of amides is 2. The van der Waals surface area contributed by atoms with Crippen molar-refractivity contribution in [3.05, 3.63) is 52.9 Å². The number of hydrogen-bond acceptors (Lipinski definition) is 5. The van der Waals surface area contributed by atoms with E-state index in [2.05, 4.69) is 30.7 Å². The van der Waals surface area contributed by atoms with Gasteiger partial charge in [0.05, 0.1) is 11.0 Å². The summed E-state index contributed by atoms with van der Waals surface area (Å²) in [4.78, 5) is 33.1. The van der Waals surface area contributed by atoms with Gasteiger partial charge in [-0.2, -0.15) is 4.98 Å². The summed E-state index contributed by atoms with van der Waals surface area (Å²) in [7, 11) is 0. The lowest BCUT2D eigenvalue weighted by atomic mass is 10.2. The number of fused-ring (bicyclic) bond motifs is 1. The standard InChI is InChI=1S/C19H16N6O3/c26-18(20-12-5-6-12)21-13-3-1-2-11(8-13)17-24-16(25-28-17)10-4-7-14-15(9-10)23-19(27)22-14/h1-4,7-9,12H,5-6H2,(H2,20,21,26)(H2,22,23,27). The predicted molar refractivity (Wildman–Crippen MR) is 103 cm³/mol. The molecule has 1 aliphatic rings. The second kappa shape index (κ2) is 6.38. The van der Waals surface area contributed by atoms with Gasteiger partial charge < -0.3 is 25.1 Å². The molecule has 0 saturated heterocycles. The molecule has 4 aromatic rings. The summed E-state index contributed by atoms with van der Waals surface area (Å²) in [6, 6.07) is 12.6. The molecule has 28 heavy (non-hydrogen) atoms. The minimum Gasteiger partial charge on any atom is -0.335 e. The molecule has 0 aliphatic heterocycles. The molecule has 2 heterocycles. The number of aromatic amines is 2. The summed E-state index contributed by atoms with van der Waals surface area (Å²) >= 11 is 0. The van der Waals surface area contributed by atoms with Crippen molar-refractivity contribution >= 4 is 22.8 Å². The van der Waals surface area contributed by atoms with E-state index in [1.54, 1.807) is 30.3 Å². The van der Waals surface area contributed by atoms with Crippen molar-refractivity contribution in [2.24, 2.45) is 0 Å². The Hall–Kier alpha value is -3.88. The Bertz CT molecular complexity index is 1230. The van der Waals surface area contributed by atoms with Gasteiger partial charge in [-0.25, -0.2) is 9.59 Å². The van der Waals surface area contributed by atoms with Gasteiger partial charge in [0.25, 0.3) is 5.89 Å². The number of rotatable bonds is 4. The zero-order valence-corrected chi connectivity index (χ0v) is 14.7. The Labute approximate surface area is 158 Å². The van der Waals surface area contributed by atoms with Crippen molar-refractivity contribution in [2.45, 2.75) is 18.9 Å². The Morgan fingerprint density at radius 2 is 1.93 bits per heavy atom. The number of H-pyrrole nitrogens is 2. The first-order valence-electron chi connectivity index (χ1n) is 8.88. The molecule has 9 heteroatoms. The van der Waals surface area contributed by atoms with Crippen molar-refractivity contribution in [1.29, 1.82) is 0 Å². The average Bonchev–Trinajstić information content (AvgIpc) is 3.21. The van der Waals surface area contributed by atoms with Crippen LogP contribution < -0.4 is 16.3 Å². The molecule has 0 unspecified atom stereocenters. The third-order valence-electron chi connectivity index (χ3n) is 4.48. The molecule has 9 nitrogen and oxygen atoms in total. The molecule has 1 saturated carbocycles. The highest BCUT2D eigenvalue weighted by Crippen LogP contribution is 2.26. The van der Waals surface area contributed by atoms with E-state index in [1.165, 1.54) is 0 Å². The molecule has 2 aromatic carbocycles. The second-order valence-corrected chi connectivity index (χ2v) is 6.72. The van der Waals surface area contributed by atoms with Crippen molar-refractivity contribution < 1.29 is 9.32 Å². The molecular formula is C19H16N6O3. The maximum absolute atomic E-state index is 11.9. The lowest BCUT2D eigenvalue weighted by molar-refractivity contribution is 0.251. The number of hydrogen-bond donors (Lipinski definition) is 4. The minimum atomic E-state index is -0.268. The molecule has 140 valence electrons. The maximum Gasteiger partial charge on any atom is 0.323 e. The normalized spacial score (nSPS) is 13.6. The van der Waals surface area contributed by atoms with Crippen LogP contribution >= 0.6 is 0 Å². The minimum absolute atomic E-state index is 0.223. The summed E-state index contributed by atoms with van der Waals surface area (Å²) in [6.45, 7) is 0. The highest BCUT2D eigenvalue weighted by atomic mass is 16.5. The molecule has 1 fully saturated rings. The summed E-state index contributed by atoms with van der Waals surface area (Å²) in [6.07, 6.45) is 2.06. The second-order valence-electron chi connectivity index (χ2n) is 6.72. The number of imidazole rings is 1. The number of carbonyl (C=O) groups excluding carboxylic acids is 1. The molecule has 0 spiro atoms. The number of nitrogens with one attached hydrogen (secondary N) is 4. The first kappa shape index (κ1) is 16.3. The van der Waals surface area contributed by atoms with Crippen LogP contribution in [-0.2, 0) is 0 Å². The van der Waals surface area contributed by atoms with Crippen molar-refractivity contribution in [3.63, 3.8) is 0 Å². The predicted octanol–water partition coefficient (Wildman–Crippen LogP) is 2.86. The molecule has 0 atom stereocenters. The van der Waals surface area contributed by atoms with Gasteiger partial charge in [0.2, 0.25) is 5.82 Å². The monoisotopic (exact) mass is 376 g/mol. The average molecular weight is 376 g/mol. The van der Waals surface area contributed by atoms with Crippen LogP contribution in [0, 0.1) is 0 Å². The fourth-order valence-corrected chi connectivity index (χ4v) is 2.94. The largest absolute Gasteiger partial charge is 0.335 e. The van der Waals surface area contributed by atoms with Gasteiger partial charge in [-0.1, -0.05) is 11.2 Å². The topological polar surface area (TPSA) is 129 Å². The molecular weight excluding hydrogens is 360 g/mol. The Morgan fingerprint density at radius 1 is 1.07 bits per heavy atom. The Morgan fingerprint density at radius 3 is 2.79 bits per heavy atom. The zero-order chi connectivity index (χ0) is 19.1. The summed E-state index contributed by atoms with van der Waals surface area (Å²) in [5.74, 6) is 0.743. The van der Waals surface area contributed by atoms with Crippen LogP contribution in [0.4, 0.5) is 10.5 Å². The van der Waals surface area contributed by atoms with Crippen molar-refractivity contribution in [1.82, 2.24) is 25.4 Å². The molecule has 4 N–H and O–H groups in total. The van der Waals surface area contributed by atoms with Gasteiger partial charge in [-0.15, -0.1) is 0 Å². The van der Waals surface area contributed by atoms with Gasteiger partial charge in [0, 0.05) is 22.9 Å². The van der Waals surface area contributed by atoms with E-state index in [9.17, 15) is 9.59 Å². The summed E-state index contributed by atoms with van der Waals surface area (Å²) in [5, 5.41) is 9.71. The van der Waals surface area contributed by atoms with Crippen LogP contribution in [0.25, 0.3) is 33.9 Å². The SMILES string of the molecule is O=C(Nc1cccc(-c2nc(-c3ccc4[nH]c(=O)[nH]c4c3)no2)c1)NC1CC1. The number of aromatic nitrogens is 4. The van der Waals surface area contributed by atoms with Gasteiger partial charge in [0.1, 0.15) is 0 Å². The van der Waals surface area contributed by atoms with Crippen molar-refractivity contribution in [3.8, 4) is 22.8 Å². The fourth-order valence-electron chi connectivity index (χ4n) is 2.94. The van der Waals surface area contributed by atoms with E-state index in [0.717, 1.165) is 18.4 Å². The Kier molecular flexibility index (Phi) is 3.71. The van der Waals surface area contributed by atoms with Crippen LogP contribution in [0.3, 0.4) is 0 Å². The summed E-state index contributed by atoms with van der Waals surface area (Å²) < 4.78 is 5.39. The van der Waals surface area contributed by atoms with Gasteiger partial charge in [-0.05, 0) is 49.2 Å². The summed E-state index contributed by atoms with van der Waals surface area (Å²) in [5.41, 5.74) is 3.16. The molecule has 5 rings (SSSR count). The van der Waals surface area contributed by atoms with Crippen LogP contribution in [-0.4, -0.2) is 32.2 Å². The molecule has 2 amide bonds. The van der Waals surface area contributed by atoms with Gasteiger partial charge in [0.15, 0.2) is 0 Å². The number of benzene rings is 2. The van der Waals surface area contributed by atoms with Crippen LogP contribution in [0.15, 0.2) is 51.8 Å². The van der Waals surface area contributed by atoms with E-state index >= 15 is 0 Å². The van der Waals surface area contributed by atoms with Crippen LogP contribution in [0.1, 0.15) is 12.8 Å². The lowest BCUT2D eigenvalue weighted by Gasteiger charge is -2.06. The van der Waals surface area contributed by atoms with Crippen molar-refractivity contribution in [2.75, 3.05) is 5.32 Å². The number of anilines is 1. The van der Waals surface area contributed by atoms with Crippen LogP contribution in [0.5, 0.6) is 0 Å². The fraction of sp³-hybridized carbons (Fsp3) is 0.158. The smallest absolute Gasteiger partial charge is 0.323 e. The highest BCUT2D eigenvalue weighted by molar-refractivity contribution is 5.90.